The summed E-state index contributed by atoms with van der Waals surface area (Å²) >= 11 is 0. The maximum absolute atomic E-state index is 13.3. The van der Waals surface area contributed by atoms with E-state index in [0.29, 0.717) is 10.5 Å². The maximum Gasteiger partial charge on any atom is 0.416 e. The molecule has 0 aliphatic heterocycles. The molecule has 0 saturated carbocycles. The molecule has 0 amide bonds. The summed E-state index contributed by atoms with van der Waals surface area (Å²) in [5, 5.41) is 9.02. The van der Waals surface area contributed by atoms with Crippen molar-refractivity contribution in [1.82, 2.24) is 0 Å². The Kier molecular flexibility index (Phi) is 7.19. The first-order valence-electron chi connectivity index (χ1n) is 9.37. The molecule has 3 aromatic carbocycles. The van der Waals surface area contributed by atoms with Gasteiger partial charge in [0.15, 0.2) is 11.5 Å². The number of rotatable bonds is 8. The molecular weight excluding hydrogens is 445 g/mol. The number of benzene rings is 3. The normalized spacial score (nSPS) is 12.2. The third-order valence-electron chi connectivity index (χ3n) is 4.48. The molecule has 1 atom stereocenters. The summed E-state index contributed by atoms with van der Waals surface area (Å²) < 4.78 is 63.7. The van der Waals surface area contributed by atoms with Gasteiger partial charge in [-0.05, 0) is 48.0 Å². The Labute approximate surface area is 184 Å². The zero-order chi connectivity index (χ0) is 23.3. The molecule has 0 bridgehead atoms. The van der Waals surface area contributed by atoms with Gasteiger partial charge in [0.2, 0.25) is 0 Å². The van der Waals surface area contributed by atoms with Crippen molar-refractivity contribution in [2.45, 2.75) is 23.2 Å². The molecular formula is C23H19F3O5S. The summed E-state index contributed by atoms with van der Waals surface area (Å²) in [5.74, 6) is -0.782. The molecule has 0 saturated heterocycles. The first-order valence-corrected chi connectivity index (χ1v) is 10.7. The summed E-state index contributed by atoms with van der Waals surface area (Å²) in [5.41, 5.74) is -0.376. The average Bonchev–Trinajstić information content (AvgIpc) is 2.74. The predicted molar refractivity (Wildman–Crippen MR) is 112 cm³/mol. The van der Waals surface area contributed by atoms with E-state index >= 15 is 0 Å². The quantitative estimate of drug-likeness (QED) is 0.481. The van der Waals surface area contributed by atoms with Crippen LogP contribution in [0, 0.1) is 0 Å². The van der Waals surface area contributed by atoms with Crippen LogP contribution >= 0.6 is 0 Å². The summed E-state index contributed by atoms with van der Waals surface area (Å²) in [4.78, 5) is 11.5. The van der Waals surface area contributed by atoms with E-state index in [1.807, 2.05) is 0 Å². The van der Waals surface area contributed by atoms with Gasteiger partial charge in [0.05, 0.1) is 35.6 Å². The van der Waals surface area contributed by atoms with Gasteiger partial charge in [-0.25, -0.2) is 0 Å². The average molecular weight is 464 g/mol. The molecule has 5 nitrogen and oxygen atoms in total. The number of carbonyl (C=O) groups is 1. The molecule has 0 aliphatic rings. The molecule has 0 aromatic heterocycles. The molecule has 1 unspecified atom stereocenters. The van der Waals surface area contributed by atoms with E-state index in [4.69, 9.17) is 14.6 Å². The standard InChI is InChI=1S/C23H19F3O5S/c1-30-20-9-7-15(12-22(27)28)11-21(20)31-19-10-8-17(23(24,25)26)13-16(19)14-32(29)18-5-3-2-4-6-18/h2-11,13H,12,14H2,1H3,(H,27,28). The third kappa shape index (κ3) is 5.88. The zero-order valence-corrected chi connectivity index (χ0v) is 17.7. The Morgan fingerprint density at radius 2 is 1.66 bits per heavy atom. The first-order chi connectivity index (χ1) is 15.2. The fourth-order valence-electron chi connectivity index (χ4n) is 2.97. The van der Waals surface area contributed by atoms with E-state index in [1.165, 1.54) is 19.2 Å². The second-order valence-corrected chi connectivity index (χ2v) is 8.23. The number of hydrogen-bond acceptors (Lipinski definition) is 4. The topological polar surface area (TPSA) is 72.8 Å². The van der Waals surface area contributed by atoms with Crippen molar-refractivity contribution in [2.24, 2.45) is 0 Å². The summed E-state index contributed by atoms with van der Waals surface area (Å²) in [7, 11) is -0.227. The van der Waals surface area contributed by atoms with Crippen LogP contribution in [0.5, 0.6) is 17.2 Å². The van der Waals surface area contributed by atoms with E-state index < -0.39 is 28.5 Å². The highest BCUT2D eigenvalue weighted by molar-refractivity contribution is 7.84. The van der Waals surface area contributed by atoms with E-state index in [9.17, 15) is 22.2 Å². The molecule has 0 heterocycles. The van der Waals surface area contributed by atoms with Crippen molar-refractivity contribution >= 4 is 16.8 Å². The van der Waals surface area contributed by atoms with Crippen LogP contribution in [-0.4, -0.2) is 22.4 Å². The van der Waals surface area contributed by atoms with Crippen LogP contribution in [0.1, 0.15) is 16.7 Å². The van der Waals surface area contributed by atoms with Crippen LogP contribution in [0.3, 0.4) is 0 Å². The largest absolute Gasteiger partial charge is 0.493 e. The third-order valence-corrected chi connectivity index (χ3v) is 5.85. The SMILES string of the molecule is COc1ccc(CC(=O)O)cc1Oc1ccc(C(F)(F)F)cc1CS(=O)c1ccccc1. The van der Waals surface area contributed by atoms with Crippen molar-refractivity contribution < 1.29 is 36.8 Å². The van der Waals surface area contributed by atoms with Crippen molar-refractivity contribution in [3.8, 4) is 17.2 Å². The van der Waals surface area contributed by atoms with E-state index in [2.05, 4.69) is 0 Å². The van der Waals surface area contributed by atoms with Gasteiger partial charge in [-0.2, -0.15) is 13.2 Å². The van der Waals surface area contributed by atoms with Gasteiger partial charge in [-0.1, -0.05) is 24.3 Å². The zero-order valence-electron chi connectivity index (χ0n) is 16.9. The van der Waals surface area contributed by atoms with E-state index in [-0.39, 0.29) is 35.0 Å². The van der Waals surface area contributed by atoms with Gasteiger partial charge in [-0.3, -0.25) is 9.00 Å². The number of ether oxygens (including phenoxy) is 2. The molecule has 0 aliphatic carbocycles. The number of carboxylic acids is 1. The number of hydrogen-bond donors (Lipinski definition) is 1. The predicted octanol–water partition coefficient (Wildman–Crippen LogP) is 5.44. The highest BCUT2D eigenvalue weighted by Crippen LogP contribution is 2.38. The maximum atomic E-state index is 13.3. The Morgan fingerprint density at radius 1 is 0.969 bits per heavy atom. The number of aliphatic carboxylic acids is 1. The minimum absolute atomic E-state index is 0.0630. The van der Waals surface area contributed by atoms with Gasteiger partial charge >= 0.3 is 12.1 Å². The van der Waals surface area contributed by atoms with E-state index in [0.717, 1.165) is 18.2 Å². The fraction of sp³-hybridized carbons (Fsp3) is 0.174. The second-order valence-electron chi connectivity index (χ2n) is 6.78. The van der Waals surface area contributed by atoms with Gasteiger partial charge in [0, 0.05) is 10.5 Å². The van der Waals surface area contributed by atoms with E-state index in [1.54, 1.807) is 36.4 Å². The smallest absolute Gasteiger partial charge is 0.416 e. The number of carboxylic acid groups (broad SMARTS) is 1. The molecule has 1 N–H and O–H groups in total. The van der Waals surface area contributed by atoms with Crippen LogP contribution in [-0.2, 0) is 33.9 Å². The van der Waals surface area contributed by atoms with Crippen LogP contribution in [0.25, 0.3) is 0 Å². The minimum atomic E-state index is -4.58. The Balaban J connectivity index is 2.00. The van der Waals surface area contributed by atoms with Gasteiger partial charge < -0.3 is 14.6 Å². The number of halogens is 3. The molecule has 32 heavy (non-hydrogen) atoms. The van der Waals surface area contributed by atoms with Crippen molar-refractivity contribution in [3.05, 3.63) is 83.4 Å². The monoisotopic (exact) mass is 464 g/mol. The van der Waals surface area contributed by atoms with Crippen LogP contribution < -0.4 is 9.47 Å². The summed E-state index contributed by atoms with van der Waals surface area (Å²) in [6, 6.07) is 15.8. The molecule has 9 heteroatoms. The lowest BCUT2D eigenvalue weighted by molar-refractivity contribution is -0.138. The number of alkyl halides is 3. The Morgan fingerprint density at radius 3 is 2.28 bits per heavy atom. The van der Waals surface area contributed by atoms with Gasteiger partial charge in [0.25, 0.3) is 0 Å². The number of methoxy groups -OCH3 is 1. The van der Waals surface area contributed by atoms with Crippen LogP contribution in [0.15, 0.2) is 71.6 Å². The lowest BCUT2D eigenvalue weighted by Gasteiger charge is -2.16. The lowest BCUT2D eigenvalue weighted by Crippen LogP contribution is -2.07. The fourth-order valence-corrected chi connectivity index (χ4v) is 4.10. The summed E-state index contributed by atoms with van der Waals surface area (Å²) in [6.07, 6.45) is -4.85. The van der Waals surface area contributed by atoms with Crippen molar-refractivity contribution in [3.63, 3.8) is 0 Å². The second kappa shape index (κ2) is 9.86. The highest BCUT2D eigenvalue weighted by Gasteiger charge is 2.31. The minimum Gasteiger partial charge on any atom is -0.493 e. The molecule has 3 rings (SSSR count). The Hall–Kier alpha value is -3.33. The van der Waals surface area contributed by atoms with Crippen LogP contribution in [0.4, 0.5) is 13.2 Å². The Bertz CT molecular complexity index is 1130. The molecule has 0 fully saturated rings. The molecule has 0 spiro atoms. The highest BCUT2D eigenvalue weighted by atomic mass is 32.2. The molecule has 3 aromatic rings. The molecule has 0 radical (unpaired) electrons. The van der Waals surface area contributed by atoms with Crippen LogP contribution in [0.2, 0.25) is 0 Å². The van der Waals surface area contributed by atoms with Gasteiger partial charge in [0.1, 0.15) is 5.75 Å². The molecule has 168 valence electrons. The first kappa shape index (κ1) is 23.3. The van der Waals surface area contributed by atoms with Crippen molar-refractivity contribution in [1.29, 1.82) is 0 Å². The van der Waals surface area contributed by atoms with Gasteiger partial charge in [-0.15, -0.1) is 0 Å². The summed E-state index contributed by atoms with van der Waals surface area (Å²) in [6.45, 7) is 0. The lowest BCUT2D eigenvalue weighted by atomic mass is 10.1. The van der Waals surface area contributed by atoms with Crippen molar-refractivity contribution in [2.75, 3.05) is 7.11 Å².